The number of nitrogens with zero attached hydrogens (tertiary/aromatic N) is 2. The Morgan fingerprint density at radius 2 is 2.03 bits per heavy atom. The number of hydrogen-bond acceptors (Lipinski definition) is 5. The van der Waals surface area contributed by atoms with Gasteiger partial charge in [0.15, 0.2) is 0 Å². The van der Waals surface area contributed by atoms with Crippen molar-refractivity contribution in [3.8, 4) is 0 Å². The van der Waals surface area contributed by atoms with Crippen LogP contribution in [0.2, 0.25) is 0 Å². The van der Waals surface area contributed by atoms with Crippen molar-refractivity contribution in [1.29, 1.82) is 0 Å². The molecule has 3 aliphatic heterocycles. The van der Waals surface area contributed by atoms with Crippen molar-refractivity contribution in [2.24, 2.45) is 0 Å². The standard InChI is InChI=1S/C29H33N5O4/c35-19-34-25-9-4-1-6-20(25)15-29(34)10-5-12-33(18-29)28(37)24(32-27(36)26-17-30-11-13-38-26)14-21-16-31-23-8-3-2-7-22(21)23/h1-4,6-9,16,19,24,26,30-31H,5,10-15,17-18H2,(H,32,36)/t24-,26?,29?/m1/s1. The average molecular weight is 516 g/mol. The number of fused-ring (bicyclic) bond motifs is 2. The second kappa shape index (κ2) is 10.2. The molecule has 9 nitrogen and oxygen atoms in total. The van der Waals surface area contributed by atoms with E-state index in [2.05, 4.69) is 21.7 Å². The van der Waals surface area contributed by atoms with Crippen molar-refractivity contribution in [3.05, 3.63) is 65.9 Å². The molecule has 0 aliphatic carbocycles. The topological polar surface area (TPSA) is 107 Å². The zero-order valence-corrected chi connectivity index (χ0v) is 21.3. The fourth-order valence-electron chi connectivity index (χ4n) is 6.34. The maximum absolute atomic E-state index is 14.1. The number of likely N-dealkylation sites (tertiary alicyclic amines) is 1. The Hall–Kier alpha value is -3.69. The number of piperidine rings is 1. The maximum atomic E-state index is 14.1. The molecule has 38 heavy (non-hydrogen) atoms. The molecule has 198 valence electrons. The smallest absolute Gasteiger partial charge is 0.251 e. The minimum Gasteiger partial charge on any atom is -0.366 e. The number of rotatable bonds is 6. The molecule has 3 aliphatic rings. The summed E-state index contributed by atoms with van der Waals surface area (Å²) in [5, 5.41) is 7.23. The molecule has 0 radical (unpaired) electrons. The monoisotopic (exact) mass is 515 g/mol. The van der Waals surface area contributed by atoms with Gasteiger partial charge in [0.2, 0.25) is 12.3 Å². The van der Waals surface area contributed by atoms with Crippen LogP contribution in [0.1, 0.15) is 24.0 Å². The van der Waals surface area contributed by atoms with Gasteiger partial charge in [-0.3, -0.25) is 14.4 Å². The van der Waals surface area contributed by atoms with Gasteiger partial charge in [-0.25, -0.2) is 0 Å². The lowest BCUT2D eigenvalue weighted by atomic mass is 9.85. The molecule has 1 spiro atoms. The number of para-hydroxylation sites is 2. The number of aromatic amines is 1. The third kappa shape index (κ3) is 4.46. The van der Waals surface area contributed by atoms with E-state index >= 15 is 0 Å². The summed E-state index contributed by atoms with van der Waals surface area (Å²) < 4.78 is 5.66. The molecule has 9 heteroatoms. The number of anilines is 1. The first-order valence-corrected chi connectivity index (χ1v) is 13.4. The number of aromatic nitrogens is 1. The number of amides is 3. The van der Waals surface area contributed by atoms with Crippen molar-refractivity contribution in [2.45, 2.75) is 43.4 Å². The molecule has 2 unspecified atom stereocenters. The van der Waals surface area contributed by atoms with E-state index in [-0.39, 0.29) is 11.8 Å². The van der Waals surface area contributed by atoms with Gasteiger partial charge in [-0.2, -0.15) is 0 Å². The van der Waals surface area contributed by atoms with E-state index < -0.39 is 17.7 Å². The summed E-state index contributed by atoms with van der Waals surface area (Å²) in [5.74, 6) is -0.418. The summed E-state index contributed by atoms with van der Waals surface area (Å²) in [4.78, 5) is 46.5. The molecule has 2 aromatic carbocycles. The second-order valence-electron chi connectivity index (χ2n) is 10.6. The van der Waals surface area contributed by atoms with Crippen molar-refractivity contribution < 1.29 is 19.1 Å². The highest BCUT2D eigenvalue weighted by Gasteiger charge is 2.48. The Morgan fingerprint density at radius 3 is 2.87 bits per heavy atom. The van der Waals surface area contributed by atoms with E-state index in [4.69, 9.17) is 4.74 Å². The summed E-state index contributed by atoms with van der Waals surface area (Å²) in [5.41, 5.74) is 3.53. The molecule has 3 N–H and O–H groups in total. The van der Waals surface area contributed by atoms with Crippen LogP contribution in [0, 0.1) is 0 Å². The summed E-state index contributed by atoms with van der Waals surface area (Å²) in [6, 6.07) is 15.1. The molecule has 6 rings (SSSR count). The minimum atomic E-state index is -0.754. The van der Waals surface area contributed by atoms with Crippen LogP contribution in [0.15, 0.2) is 54.7 Å². The number of carbonyl (C=O) groups is 3. The Labute approximate surface area is 221 Å². The van der Waals surface area contributed by atoms with E-state index in [0.29, 0.717) is 45.6 Å². The molecule has 2 fully saturated rings. The summed E-state index contributed by atoms with van der Waals surface area (Å²) in [6.07, 6.45) is 4.86. The molecular weight excluding hydrogens is 482 g/mol. The zero-order chi connectivity index (χ0) is 26.1. The largest absolute Gasteiger partial charge is 0.366 e. The van der Waals surface area contributed by atoms with Crippen molar-refractivity contribution in [1.82, 2.24) is 20.5 Å². The molecule has 1 aromatic heterocycles. The van der Waals surface area contributed by atoms with Gasteiger partial charge in [0, 0.05) is 55.4 Å². The fourth-order valence-corrected chi connectivity index (χ4v) is 6.34. The maximum Gasteiger partial charge on any atom is 0.251 e. The first-order chi connectivity index (χ1) is 18.6. The van der Waals surface area contributed by atoms with Crippen molar-refractivity contribution in [2.75, 3.05) is 37.7 Å². The van der Waals surface area contributed by atoms with E-state index in [1.807, 2.05) is 58.5 Å². The normalized spacial score (nSPS) is 23.8. The molecule has 3 amide bonds. The first-order valence-electron chi connectivity index (χ1n) is 13.4. The van der Waals surface area contributed by atoms with E-state index in [9.17, 15) is 14.4 Å². The fraction of sp³-hybridized carbons (Fsp3) is 0.414. The number of H-pyrrole nitrogens is 1. The van der Waals surface area contributed by atoms with Crippen LogP contribution in [0.3, 0.4) is 0 Å². The third-order valence-corrected chi connectivity index (χ3v) is 8.19. The van der Waals surface area contributed by atoms with Gasteiger partial charge in [0.25, 0.3) is 5.91 Å². The molecule has 0 bridgehead atoms. The van der Waals surface area contributed by atoms with E-state index in [0.717, 1.165) is 47.0 Å². The molecule has 2 saturated heterocycles. The lowest BCUT2D eigenvalue weighted by molar-refractivity contribution is -0.142. The Bertz CT molecular complexity index is 1350. The average Bonchev–Trinajstić information content (AvgIpc) is 3.50. The van der Waals surface area contributed by atoms with Gasteiger partial charge in [0.1, 0.15) is 12.1 Å². The number of nitrogens with one attached hydrogen (secondary N) is 3. The molecule has 0 saturated carbocycles. The van der Waals surface area contributed by atoms with Gasteiger partial charge >= 0.3 is 0 Å². The number of morpholine rings is 1. The van der Waals surface area contributed by atoms with Crippen molar-refractivity contribution >= 4 is 34.8 Å². The highest BCUT2D eigenvalue weighted by atomic mass is 16.5. The van der Waals surface area contributed by atoms with Crippen LogP contribution in [-0.4, -0.2) is 78.6 Å². The Balaban J connectivity index is 1.26. The number of ether oxygens (including phenoxy) is 1. The lowest BCUT2D eigenvalue weighted by Crippen LogP contribution is -2.62. The van der Waals surface area contributed by atoms with Crippen LogP contribution in [-0.2, 0) is 32.0 Å². The Kier molecular flexibility index (Phi) is 6.63. The van der Waals surface area contributed by atoms with Crippen LogP contribution >= 0.6 is 0 Å². The molecule has 4 heterocycles. The van der Waals surface area contributed by atoms with Crippen molar-refractivity contribution in [3.63, 3.8) is 0 Å². The van der Waals surface area contributed by atoms with Crippen LogP contribution in [0.25, 0.3) is 10.9 Å². The quantitative estimate of drug-likeness (QED) is 0.434. The van der Waals surface area contributed by atoms with Gasteiger partial charge in [0.05, 0.1) is 12.1 Å². The van der Waals surface area contributed by atoms with Gasteiger partial charge in [-0.05, 0) is 42.5 Å². The predicted molar refractivity (Wildman–Crippen MR) is 144 cm³/mol. The van der Waals surface area contributed by atoms with E-state index in [1.54, 1.807) is 0 Å². The summed E-state index contributed by atoms with van der Waals surface area (Å²) >= 11 is 0. The number of benzene rings is 2. The highest BCUT2D eigenvalue weighted by Crippen LogP contribution is 2.42. The first kappa shape index (κ1) is 24.6. The summed E-state index contributed by atoms with van der Waals surface area (Å²) in [6.45, 7) is 2.59. The molecule has 3 aromatic rings. The van der Waals surface area contributed by atoms with Crippen LogP contribution < -0.4 is 15.5 Å². The summed E-state index contributed by atoms with van der Waals surface area (Å²) in [7, 11) is 0. The van der Waals surface area contributed by atoms with Gasteiger partial charge in [-0.15, -0.1) is 0 Å². The predicted octanol–water partition coefficient (Wildman–Crippen LogP) is 1.76. The van der Waals surface area contributed by atoms with Gasteiger partial charge in [-0.1, -0.05) is 36.4 Å². The third-order valence-electron chi connectivity index (χ3n) is 8.19. The van der Waals surface area contributed by atoms with Crippen LogP contribution in [0.4, 0.5) is 5.69 Å². The molecular formula is C29H33N5O4. The van der Waals surface area contributed by atoms with Gasteiger partial charge < -0.3 is 30.2 Å². The van der Waals surface area contributed by atoms with E-state index in [1.165, 1.54) is 0 Å². The zero-order valence-electron chi connectivity index (χ0n) is 21.3. The highest BCUT2D eigenvalue weighted by molar-refractivity contribution is 5.91. The SMILES string of the molecule is O=CN1c2ccccc2CC12CCCN(C(=O)[C@@H](Cc1c[nH]c3ccccc13)NC(=O)C1CNCCO1)C2. The van der Waals surface area contributed by atoms with Crippen LogP contribution in [0.5, 0.6) is 0 Å². The number of carbonyl (C=O) groups excluding carboxylic acids is 3. The minimum absolute atomic E-state index is 0.131. The second-order valence-corrected chi connectivity index (χ2v) is 10.6. The Morgan fingerprint density at radius 1 is 1.18 bits per heavy atom. The molecule has 3 atom stereocenters. The number of hydrogen-bond donors (Lipinski definition) is 3. The lowest BCUT2D eigenvalue weighted by Gasteiger charge is -2.45.